The van der Waals surface area contributed by atoms with Crippen molar-refractivity contribution in [3.05, 3.63) is 35.4 Å². The molecule has 0 saturated heterocycles. The number of carbonyl (C=O) groups excluding carboxylic acids is 1. The number of carboxylic acids is 1. The van der Waals surface area contributed by atoms with Crippen molar-refractivity contribution in [1.29, 1.82) is 0 Å². The van der Waals surface area contributed by atoms with Crippen LogP contribution in [0.15, 0.2) is 24.3 Å². The van der Waals surface area contributed by atoms with Gasteiger partial charge in [-0.1, -0.05) is 43.9 Å². The van der Waals surface area contributed by atoms with Crippen molar-refractivity contribution in [2.45, 2.75) is 68.9 Å². The van der Waals surface area contributed by atoms with Crippen LogP contribution in [0.2, 0.25) is 0 Å². The Labute approximate surface area is 136 Å². The van der Waals surface area contributed by atoms with Crippen molar-refractivity contribution in [3.8, 4) is 0 Å². The Morgan fingerprint density at radius 2 is 1.74 bits per heavy atom. The van der Waals surface area contributed by atoms with E-state index in [1.54, 1.807) is 6.07 Å². The first-order chi connectivity index (χ1) is 11.1. The predicted molar refractivity (Wildman–Crippen MR) is 86.4 cm³/mol. The first kappa shape index (κ1) is 14.7. The Kier molecular flexibility index (Phi) is 3.43. The molecule has 2 fully saturated rings. The van der Waals surface area contributed by atoms with E-state index in [4.69, 9.17) is 0 Å². The van der Waals surface area contributed by atoms with Gasteiger partial charge < -0.3 is 10.0 Å². The van der Waals surface area contributed by atoms with Crippen molar-refractivity contribution in [3.63, 3.8) is 0 Å². The zero-order chi connectivity index (χ0) is 16.0. The third-order valence-corrected chi connectivity index (χ3v) is 6.14. The number of nitrogens with zero attached hydrogens (tertiary/aromatic N) is 1. The average Bonchev–Trinajstić information content (AvgIpc) is 3.20. The first-order valence-electron chi connectivity index (χ1n) is 8.80. The van der Waals surface area contributed by atoms with E-state index in [0.29, 0.717) is 5.56 Å². The third kappa shape index (κ3) is 2.03. The Morgan fingerprint density at radius 1 is 1.09 bits per heavy atom. The second-order valence-corrected chi connectivity index (χ2v) is 7.28. The Morgan fingerprint density at radius 3 is 2.39 bits per heavy atom. The van der Waals surface area contributed by atoms with Crippen molar-refractivity contribution in [1.82, 2.24) is 4.90 Å². The third-order valence-electron chi connectivity index (χ3n) is 6.14. The summed E-state index contributed by atoms with van der Waals surface area (Å²) in [5.41, 5.74) is 0.817. The van der Waals surface area contributed by atoms with E-state index in [1.807, 2.05) is 23.1 Å². The average molecular weight is 313 g/mol. The molecule has 0 aromatic heterocycles. The second kappa shape index (κ2) is 5.36. The summed E-state index contributed by atoms with van der Waals surface area (Å²) >= 11 is 0. The SMILES string of the molecule is O=C(O)[C@@H]1c2ccccc2C(=O)N(C2CCCC2)C12CCCC2. The minimum Gasteiger partial charge on any atom is -0.481 e. The molecule has 1 amide bonds. The molecule has 4 rings (SSSR count). The van der Waals surface area contributed by atoms with E-state index in [0.717, 1.165) is 56.9 Å². The van der Waals surface area contributed by atoms with Crippen LogP contribution in [0.4, 0.5) is 0 Å². The summed E-state index contributed by atoms with van der Waals surface area (Å²) in [4.78, 5) is 27.5. The van der Waals surface area contributed by atoms with Crippen molar-refractivity contribution >= 4 is 11.9 Å². The minimum absolute atomic E-state index is 0.0619. The highest BCUT2D eigenvalue weighted by molar-refractivity contribution is 6.01. The molecule has 1 aromatic rings. The van der Waals surface area contributed by atoms with E-state index >= 15 is 0 Å². The van der Waals surface area contributed by atoms with Gasteiger partial charge in [-0.15, -0.1) is 0 Å². The predicted octanol–water partition coefficient (Wildman–Crippen LogP) is 3.57. The topological polar surface area (TPSA) is 57.6 Å². The molecule has 1 aromatic carbocycles. The van der Waals surface area contributed by atoms with Gasteiger partial charge in [0, 0.05) is 11.6 Å². The number of amides is 1. The summed E-state index contributed by atoms with van der Waals surface area (Å²) in [5, 5.41) is 10.0. The van der Waals surface area contributed by atoms with E-state index < -0.39 is 17.4 Å². The maximum absolute atomic E-state index is 13.3. The number of benzene rings is 1. The fourth-order valence-corrected chi connectivity index (χ4v) is 5.28. The van der Waals surface area contributed by atoms with E-state index in [1.165, 1.54) is 0 Å². The zero-order valence-electron chi connectivity index (χ0n) is 13.3. The van der Waals surface area contributed by atoms with Gasteiger partial charge in [-0.05, 0) is 37.3 Å². The van der Waals surface area contributed by atoms with Crippen molar-refractivity contribution < 1.29 is 14.7 Å². The number of fused-ring (bicyclic) bond motifs is 1. The molecule has 1 N–H and O–H groups in total. The standard InChI is InChI=1S/C19H23NO3/c21-17-15-10-4-3-9-14(15)16(18(22)23)19(11-5-6-12-19)20(17)13-7-1-2-8-13/h3-4,9-10,13,16H,1-2,5-8,11-12H2,(H,22,23)/t16-/m0/s1. The molecule has 23 heavy (non-hydrogen) atoms. The van der Waals surface area contributed by atoms with Crippen LogP contribution in [0.3, 0.4) is 0 Å². The van der Waals surface area contributed by atoms with Crippen molar-refractivity contribution in [2.75, 3.05) is 0 Å². The lowest BCUT2D eigenvalue weighted by Crippen LogP contribution is -2.62. The molecule has 2 saturated carbocycles. The monoisotopic (exact) mass is 313 g/mol. The summed E-state index contributed by atoms with van der Waals surface area (Å²) in [7, 11) is 0. The second-order valence-electron chi connectivity index (χ2n) is 7.28. The highest BCUT2D eigenvalue weighted by Crippen LogP contribution is 2.52. The van der Waals surface area contributed by atoms with Crippen molar-refractivity contribution in [2.24, 2.45) is 0 Å². The molecular formula is C19H23NO3. The molecule has 1 heterocycles. The van der Waals surface area contributed by atoms with Gasteiger partial charge in [0.15, 0.2) is 0 Å². The minimum atomic E-state index is -0.783. The lowest BCUT2D eigenvalue weighted by Gasteiger charge is -2.51. The van der Waals surface area contributed by atoms with Crippen LogP contribution in [0, 0.1) is 0 Å². The number of aliphatic carboxylic acids is 1. The lowest BCUT2D eigenvalue weighted by atomic mass is 9.70. The molecule has 4 heteroatoms. The molecule has 0 unspecified atom stereocenters. The Bertz CT molecular complexity index is 642. The molecule has 2 aliphatic carbocycles. The van der Waals surface area contributed by atoms with Gasteiger partial charge in [-0.25, -0.2) is 0 Å². The molecule has 1 atom stereocenters. The first-order valence-corrected chi connectivity index (χ1v) is 8.80. The highest BCUT2D eigenvalue weighted by Gasteiger charge is 2.57. The molecule has 3 aliphatic rings. The van der Waals surface area contributed by atoms with Gasteiger partial charge in [-0.3, -0.25) is 9.59 Å². The molecule has 1 aliphatic heterocycles. The van der Waals surface area contributed by atoms with Crippen LogP contribution in [-0.4, -0.2) is 33.5 Å². The fraction of sp³-hybridized carbons (Fsp3) is 0.579. The Balaban J connectivity index is 1.91. The summed E-state index contributed by atoms with van der Waals surface area (Å²) in [5.74, 6) is -1.30. The van der Waals surface area contributed by atoms with Gasteiger partial charge in [-0.2, -0.15) is 0 Å². The van der Waals surface area contributed by atoms with Crippen LogP contribution < -0.4 is 0 Å². The van der Waals surface area contributed by atoms with Crippen LogP contribution in [0.5, 0.6) is 0 Å². The van der Waals surface area contributed by atoms with Gasteiger partial charge in [0.05, 0.1) is 5.54 Å². The molecular weight excluding hydrogens is 290 g/mol. The van der Waals surface area contributed by atoms with Gasteiger partial charge in [0.25, 0.3) is 5.91 Å². The van der Waals surface area contributed by atoms with Crippen LogP contribution in [0.25, 0.3) is 0 Å². The fourth-order valence-electron chi connectivity index (χ4n) is 5.28. The van der Waals surface area contributed by atoms with Crippen LogP contribution in [-0.2, 0) is 4.79 Å². The lowest BCUT2D eigenvalue weighted by molar-refractivity contribution is -0.143. The quantitative estimate of drug-likeness (QED) is 0.908. The zero-order valence-corrected chi connectivity index (χ0v) is 13.3. The van der Waals surface area contributed by atoms with Gasteiger partial charge in [0.1, 0.15) is 5.92 Å². The molecule has 0 bridgehead atoms. The summed E-state index contributed by atoms with van der Waals surface area (Å²) in [6, 6.07) is 7.57. The number of hydrogen-bond donors (Lipinski definition) is 1. The van der Waals surface area contributed by atoms with E-state index in [2.05, 4.69) is 0 Å². The number of carboxylic acid groups (broad SMARTS) is 1. The summed E-state index contributed by atoms with van der Waals surface area (Å²) in [6.45, 7) is 0. The largest absolute Gasteiger partial charge is 0.481 e. The maximum atomic E-state index is 13.3. The van der Waals surface area contributed by atoms with Crippen LogP contribution >= 0.6 is 0 Å². The Hall–Kier alpha value is -1.84. The summed E-state index contributed by atoms with van der Waals surface area (Å²) in [6.07, 6.45) is 7.99. The maximum Gasteiger partial charge on any atom is 0.313 e. The summed E-state index contributed by atoms with van der Waals surface area (Å²) < 4.78 is 0. The molecule has 1 spiro atoms. The molecule has 0 radical (unpaired) electrons. The van der Waals surface area contributed by atoms with Gasteiger partial charge in [0.2, 0.25) is 0 Å². The van der Waals surface area contributed by atoms with Gasteiger partial charge >= 0.3 is 5.97 Å². The van der Waals surface area contributed by atoms with E-state index in [9.17, 15) is 14.7 Å². The number of carbonyl (C=O) groups is 2. The highest BCUT2D eigenvalue weighted by atomic mass is 16.4. The smallest absolute Gasteiger partial charge is 0.313 e. The molecule has 122 valence electrons. The van der Waals surface area contributed by atoms with E-state index in [-0.39, 0.29) is 11.9 Å². The number of hydrogen-bond acceptors (Lipinski definition) is 2. The number of rotatable bonds is 2. The van der Waals surface area contributed by atoms with Crippen LogP contribution in [0.1, 0.15) is 73.2 Å². The molecule has 4 nitrogen and oxygen atoms in total. The normalized spacial score (nSPS) is 26.7.